The molecular weight excluding hydrogens is 367 g/mol. The van der Waals surface area contributed by atoms with Crippen LogP contribution in [0.5, 0.6) is 5.75 Å². The minimum absolute atomic E-state index is 0.597. The first kappa shape index (κ1) is 17.7. The summed E-state index contributed by atoms with van der Waals surface area (Å²) in [4.78, 5) is 3.62. The Morgan fingerprint density at radius 2 is 1.92 bits per heavy atom. The summed E-state index contributed by atoms with van der Waals surface area (Å²) in [5.74, 6) is 0.652. The molecule has 3 aromatic rings. The van der Waals surface area contributed by atoms with Gasteiger partial charge < -0.3 is 15.0 Å². The van der Waals surface area contributed by atoms with Crippen molar-refractivity contribution in [2.75, 3.05) is 19.7 Å². The molecule has 1 aliphatic heterocycles. The Morgan fingerprint density at radius 3 is 2.85 bits per heavy atom. The van der Waals surface area contributed by atoms with Crippen LogP contribution in [-0.2, 0) is 19.3 Å². The van der Waals surface area contributed by atoms with Gasteiger partial charge in [0.2, 0.25) is 0 Å². The molecule has 0 amide bonds. The molecule has 1 aliphatic rings. The zero-order valence-corrected chi connectivity index (χ0v) is 16.1. The maximum absolute atomic E-state index is 6.16. The summed E-state index contributed by atoms with van der Waals surface area (Å²) >= 11 is 12.2. The van der Waals surface area contributed by atoms with E-state index in [0.29, 0.717) is 22.4 Å². The van der Waals surface area contributed by atoms with E-state index in [-0.39, 0.29) is 0 Å². The van der Waals surface area contributed by atoms with Crippen LogP contribution in [0.4, 0.5) is 0 Å². The third-order valence-corrected chi connectivity index (χ3v) is 5.49. The van der Waals surface area contributed by atoms with Crippen molar-refractivity contribution in [1.82, 2.24) is 10.3 Å². The Hall–Kier alpha value is -1.68. The monoisotopic (exact) mass is 388 g/mol. The number of fused-ring (bicyclic) bond motifs is 3. The predicted molar refractivity (Wildman–Crippen MR) is 109 cm³/mol. The summed E-state index contributed by atoms with van der Waals surface area (Å²) in [5, 5.41) is 6.12. The number of halogens is 2. The van der Waals surface area contributed by atoms with Crippen LogP contribution in [0.3, 0.4) is 0 Å². The van der Waals surface area contributed by atoms with Crippen molar-refractivity contribution >= 4 is 34.1 Å². The molecular formula is C21H22Cl2N2O. The van der Waals surface area contributed by atoms with Crippen molar-refractivity contribution in [3.05, 3.63) is 63.3 Å². The second-order valence-electron chi connectivity index (χ2n) is 6.70. The van der Waals surface area contributed by atoms with E-state index in [0.717, 1.165) is 38.8 Å². The van der Waals surface area contributed by atoms with E-state index >= 15 is 0 Å². The highest BCUT2D eigenvalue weighted by Crippen LogP contribution is 2.30. The van der Waals surface area contributed by atoms with Crippen LogP contribution < -0.4 is 10.1 Å². The smallest absolute Gasteiger partial charge is 0.139 e. The predicted octanol–water partition coefficient (Wildman–Crippen LogP) is 5.17. The average Bonchev–Trinajstić information content (AvgIpc) is 2.84. The molecule has 0 saturated heterocycles. The third-order valence-electron chi connectivity index (χ3n) is 4.95. The van der Waals surface area contributed by atoms with Crippen molar-refractivity contribution < 1.29 is 4.74 Å². The molecule has 5 heteroatoms. The van der Waals surface area contributed by atoms with Crippen molar-refractivity contribution in [3.63, 3.8) is 0 Å². The first-order valence-electron chi connectivity index (χ1n) is 9.12. The maximum Gasteiger partial charge on any atom is 0.139 e. The lowest BCUT2D eigenvalue weighted by Crippen LogP contribution is -2.16. The highest BCUT2D eigenvalue weighted by atomic mass is 35.5. The molecule has 3 nitrogen and oxygen atoms in total. The molecule has 26 heavy (non-hydrogen) atoms. The van der Waals surface area contributed by atoms with Gasteiger partial charge in [0.25, 0.3) is 0 Å². The molecule has 0 fully saturated rings. The highest BCUT2D eigenvalue weighted by Gasteiger charge is 2.16. The Balaban J connectivity index is 1.47. The second kappa shape index (κ2) is 7.91. The number of aryl methyl sites for hydroxylation is 1. The minimum atomic E-state index is 0.597. The number of benzene rings is 2. The zero-order chi connectivity index (χ0) is 17.9. The first-order chi connectivity index (χ1) is 12.7. The molecule has 0 atom stereocenters. The molecule has 2 N–H and O–H groups in total. The number of ether oxygens (including phenoxy) is 1. The number of aromatic nitrogens is 1. The molecule has 0 unspecified atom stereocenters. The van der Waals surface area contributed by atoms with Gasteiger partial charge >= 0.3 is 0 Å². The Bertz CT molecular complexity index is 920. The Morgan fingerprint density at radius 1 is 1.04 bits per heavy atom. The molecule has 0 aliphatic carbocycles. The fraction of sp³-hybridized carbons (Fsp3) is 0.333. The van der Waals surface area contributed by atoms with E-state index in [9.17, 15) is 0 Å². The molecule has 0 bridgehead atoms. The highest BCUT2D eigenvalue weighted by molar-refractivity contribution is 6.34. The SMILES string of the molecule is Clc1ccc(Cl)c(OCCCc2cccc3[nH]c4c(c23)CCNCC4)c1. The van der Waals surface area contributed by atoms with Crippen molar-refractivity contribution in [2.45, 2.75) is 25.7 Å². The van der Waals surface area contributed by atoms with E-state index in [1.54, 1.807) is 18.2 Å². The standard InChI is InChI=1S/C21H22Cl2N2O/c22-15-6-7-17(23)20(13-15)26-12-2-4-14-3-1-5-19-21(14)16-8-10-24-11-9-18(16)25-19/h1,3,5-7,13,24-25H,2,4,8-12H2. The Kier molecular flexibility index (Phi) is 5.39. The molecule has 0 spiro atoms. The first-order valence-corrected chi connectivity index (χ1v) is 9.88. The molecule has 4 rings (SSSR count). The summed E-state index contributed by atoms with van der Waals surface area (Å²) in [5.41, 5.74) is 5.52. The number of rotatable bonds is 5. The van der Waals surface area contributed by atoms with Crippen LogP contribution in [0, 0.1) is 0 Å². The largest absolute Gasteiger partial charge is 0.492 e. The van der Waals surface area contributed by atoms with Crippen LogP contribution >= 0.6 is 23.2 Å². The van der Waals surface area contributed by atoms with Crippen LogP contribution in [-0.4, -0.2) is 24.7 Å². The number of H-pyrrole nitrogens is 1. The van der Waals surface area contributed by atoms with E-state index in [2.05, 4.69) is 28.5 Å². The van der Waals surface area contributed by atoms with Crippen LogP contribution in [0.15, 0.2) is 36.4 Å². The van der Waals surface area contributed by atoms with Gasteiger partial charge in [-0.2, -0.15) is 0 Å². The van der Waals surface area contributed by atoms with Gasteiger partial charge in [-0.05, 0) is 55.1 Å². The van der Waals surface area contributed by atoms with Crippen molar-refractivity contribution in [1.29, 1.82) is 0 Å². The van der Waals surface area contributed by atoms with Crippen LogP contribution in [0.1, 0.15) is 23.2 Å². The summed E-state index contributed by atoms with van der Waals surface area (Å²) in [6.07, 6.45) is 4.06. The molecule has 136 valence electrons. The quantitative estimate of drug-likeness (QED) is 0.591. The van der Waals surface area contributed by atoms with Gasteiger partial charge in [-0.15, -0.1) is 0 Å². The van der Waals surface area contributed by atoms with E-state index in [1.807, 2.05) is 0 Å². The second-order valence-corrected chi connectivity index (χ2v) is 7.54. The normalized spacial score (nSPS) is 14.2. The van der Waals surface area contributed by atoms with Gasteiger partial charge in [0, 0.05) is 40.7 Å². The topological polar surface area (TPSA) is 37.0 Å². The molecule has 2 heterocycles. The molecule has 2 aromatic carbocycles. The van der Waals surface area contributed by atoms with Gasteiger partial charge in [-0.1, -0.05) is 35.3 Å². The summed E-state index contributed by atoms with van der Waals surface area (Å²) < 4.78 is 5.83. The van der Waals surface area contributed by atoms with Gasteiger partial charge in [-0.25, -0.2) is 0 Å². The number of hydrogen-bond donors (Lipinski definition) is 2. The summed E-state index contributed by atoms with van der Waals surface area (Å²) in [7, 11) is 0. The maximum atomic E-state index is 6.16. The number of aromatic amines is 1. The third kappa shape index (κ3) is 3.71. The Labute approximate surface area is 163 Å². The van der Waals surface area contributed by atoms with E-state index in [4.69, 9.17) is 27.9 Å². The average molecular weight is 389 g/mol. The number of hydrogen-bond acceptors (Lipinski definition) is 2. The van der Waals surface area contributed by atoms with E-state index < -0.39 is 0 Å². The van der Waals surface area contributed by atoms with Gasteiger partial charge in [-0.3, -0.25) is 0 Å². The van der Waals surface area contributed by atoms with Crippen LogP contribution in [0.25, 0.3) is 10.9 Å². The zero-order valence-electron chi connectivity index (χ0n) is 14.6. The molecule has 1 aromatic heterocycles. The fourth-order valence-electron chi connectivity index (χ4n) is 3.73. The van der Waals surface area contributed by atoms with E-state index in [1.165, 1.54) is 27.7 Å². The lowest BCUT2D eigenvalue weighted by atomic mass is 9.99. The lowest BCUT2D eigenvalue weighted by molar-refractivity contribution is 0.311. The van der Waals surface area contributed by atoms with Gasteiger partial charge in [0.1, 0.15) is 5.75 Å². The van der Waals surface area contributed by atoms with Crippen molar-refractivity contribution in [3.8, 4) is 5.75 Å². The minimum Gasteiger partial charge on any atom is -0.492 e. The molecule has 0 radical (unpaired) electrons. The van der Waals surface area contributed by atoms with Gasteiger partial charge in [0.05, 0.1) is 11.6 Å². The summed E-state index contributed by atoms with van der Waals surface area (Å²) in [6.45, 7) is 2.71. The fourth-order valence-corrected chi connectivity index (χ4v) is 4.07. The van der Waals surface area contributed by atoms with Gasteiger partial charge in [0.15, 0.2) is 0 Å². The van der Waals surface area contributed by atoms with Crippen LogP contribution in [0.2, 0.25) is 10.0 Å². The molecule has 0 saturated carbocycles. The summed E-state index contributed by atoms with van der Waals surface area (Å²) in [6, 6.07) is 11.9. The number of nitrogens with one attached hydrogen (secondary N) is 2. The van der Waals surface area contributed by atoms with Crippen molar-refractivity contribution in [2.24, 2.45) is 0 Å². The lowest BCUT2D eigenvalue weighted by Gasteiger charge is -2.10.